The molecule has 21 heavy (non-hydrogen) atoms. The van der Waals surface area contributed by atoms with Crippen LogP contribution < -0.4 is 0 Å². The molecule has 0 spiro atoms. The largest absolute Gasteiger partial charge is 0.256 e. The van der Waals surface area contributed by atoms with Gasteiger partial charge in [0, 0.05) is 28.6 Å². The third kappa shape index (κ3) is 2.88. The zero-order valence-electron chi connectivity index (χ0n) is 12.3. The van der Waals surface area contributed by atoms with Crippen LogP contribution in [0, 0.1) is 0 Å². The van der Waals surface area contributed by atoms with Gasteiger partial charge in [0.1, 0.15) is 11.0 Å². The van der Waals surface area contributed by atoms with Gasteiger partial charge in [0.05, 0.1) is 11.2 Å². The molecule has 3 aromatic rings. The predicted octanol–water partition coefficient (Wildman–Crippen LogP) is 4.64. The third-order valence-electron chi connectivity index (χ3n) is 3.26. The number of pyridine rings is 1. The molecule has 0 unspecified atom stereocenters. The average Bonchev–Trinajstić information content (AvgIpc) is 2.45. The summed E-state index contributed by atoms with van der Waals surface area (Å²) in [6.07, 6.45) is 1.79. The number of nitrogens with zero attached hydrogens (tertiary/aromatic N) is 3. The van der Waals surface area contributed by atoms with Crippen molar-refractivity contribution in [3.05, 3.63) is 53.6 Å². The number of halogens is 1. The first kappa shape index (κ1) is 14.0. The Bertz CT molecular complexity index is 806. The van der Waals surface area contributed by atoms with E-state index >= 15 is 0 Å². The number of benzene rings is 1. The maximum Gasteiger partial charge on any atom is 0.136 e. The van der Waals surface area contributed by atoms with Gasteiger partial charge in [-0.25, -0.2) is 9.97 Å². The van der Waals surface area contributed by atoms with Crippen molar-refractivity contribution < 1.29 is 0 Å². The summed E-state index contributed by atoms with van der Waals surface area (Å²) in [4.78, 5) is 13.3. The Kier molecular flexibility index (Phi) is 3.38. The monoisotopic (exact) mass is 297 g/mol. The maximum atomic E-state index is 6.16. The fraction of sp³-hybridized carbons (Fsp3) is 0.235. The predicted molar refractivity (Wildman–Crippen MR) is 86.5 cm³/mol. The van der Waals surface area contributed by atoms with E-state index in [0.29, 0.717) is 5.15 Å². The van der Waals surface area contributed by atoms with Crippen molar-refractivity contribution in [3.8, 4) is 11.3 Å². The highest BCUT2D eigenvalue weighted by atomic mass is 35.5. The van der Waals surface area contributed by atoms with E-state index in [0.717, 1.165) is 28.0 Å². The number of fused-ring (bicyclic) bond motifs is 1. The van der Waals surface area contributed by atoms with Gasteiger partial charge in [-0.1, -0.05) is 44.5 Å². The first-order valence-electron chi connectivity index (χ1n) is 6.84. The van der Waals surface area contributed by atoms with Gasteiger partial charge in [-0.2, -0.15) is 0 Å². The van der Waals surface area contributed by atoms with Gasteiger partial charge >= 0.3 is 0 Å². The minimum absolute atomic E-state index is 0.141. The van der Waals surface area contributed by atoms with Gasteiger partial charge in [0.15, 0.2) is 0 Å². The summed E-state index contributed by atoms with van der Waals surface area (Å²) in [5.74, 6) is 0.747. The molecule has 0 aliphatic rings. The molecule has 3 nitrogen and oxygen atoms in total. The van der Waals surface area contributed by atoms with Gasteiger partial charge in [-0.3, -0.25) is 4.98 Å². The van der Waals surface area contributed by atoms with Gasteiger partial charge < -0.3 is 0 Å². The van der Waals surface area contributed by atoms with Crippen LogP contribution in [-0.4, -0.2) is 15.0 Å². The molecule has 0 N–H and O–H groups in total. The summed E-state index contributed by atoms with van der Waals surface area (Å²) in [6.45, 7) is 6.23. The normalized spacial score (nSPS) is 11.8. The minimum Gasteiger partial charge on any atom is -0.256 e. The van der Waals surface area contributed by atoms with E-state index < -0.39 is 0 Å². The van der Waals surface area contributed by atoms with Crippen LogP contribution in [0.2, 0.25) is 5.15 Å². The number of hydrogen-bond acceptors (Lipinski definition) is 3. The standard InChI is InChI=1S/C17H16ClN3/c1-17(2,3)16-20-14(10-15(18)21-16)12-6-7-13-11(9-12)5-4-8-19-13/h4-10H,1-3H3. The Hall–Kier alpha value is -2.00. The third-order valence-corrected chi connectivity index (χ3v) is 3.46. The second kappa shape index (κ2) is 5.08. The van der Waals surface area contributed by atoms with E-state index in [4.69, 9.17) is 11.6 Å². The van der Waals surface area contributed by atoms with Crippen molar-refractivity contribution in [2.45, 2.75) is 26.2 Å². The van der Waals surface area contributed by atoms with Crippen LogP contribution in [-0.2, 0) is 5.41 Å². The van der Waals surface area contributed by atoms with Crippen LogP contribution in [0.1, 0.15) is 26.6 Å². The van der Waals surface area contributed by atoms with E-state index in [-0.39, 0.29) is 5.41 Å². The quantitative estimate of drug-likeness (QED) is 0.614. The molecular formula is C17H16ClN3. The summed E-state index contributed by atoms with van der Waals surface area (Å²) in [7, 11) is 0. The molecule has 0 aliphatic carbocycles. The molecule has 4 heteroatoms. The van der Waals surface area contributed by atoms with Crippen LogP contribution >= 0.6 is 11.6 Å². The SMILES string of the molecule is CC(C)(C)c1nc(Cl)cc(-c2ccc3ncccc3c2)n1. The highest BCUT2D eigenvalue weighted by molar-refractivity contribution is 6.29. The molecule has 1 aromatic carbocycles. The molecule has 0 atom stereocenters. The minimum atomic E-state index is -0.141. The topological polar surface area (TPSA) is 38.7 Å². The molecule has 0 bridgehead atoms. The van der Waals surface area contributed by atoms with E-state index in [1.54, 1.807) is 12.3 Å². The molecule has 0 fully saturated rings. The molecule has 2 heterocycles. The van der Waals surface area contributed by atoms with Crippen LogP contribution in [0.4, 0.5) is 0 Å². The molecule has 106 valence electrons. The lowest BCUT2D eigenvalue weighted by Gasteiger charge is -2.17. The lowest BCUT2D eigenvalue weighted by molar-refractivity contribution is 0.546. The Morgan fingerprint density at radius 2 is 1.81 bits per heavy atom. The van der Waals surface area contributed by atoms with Crippen LogP contribution in [0.15, 0.2) is 42.6 Å². The van der Waals surface area contributed by atoms with Crippen molar-refractivity contribution in [2.24, 2.45) is 0 Å². The lowest BCUT2D eigenvalue weighted by atomic mass is 9.95. The fourth-order valence-corrected chi connectivity index (χ4v) is 2.32. The zero-order chi connectivity index (χ0) is 15.0. The average molecular weight is 298 g/mol. The fourth-order valence-electron chi connectivity index (χ4n) is 2.14. The molecule has 3 rings (SSSR count). The summed E-state index contributed by atoms with van der Waals surface area (Å²) in [6, 6.07) is 11.9. The van der Waals surface area contributed by atoms with Crippen molar-refractivity contribution in [2.75, 3.05) is 0 Å². The summed E-state index contributed by atoms with van der Waals surface area (Å²) >= 11 is 6.16. The van der Waals surface area contributed by atoms with Crippen LogP contribution in [0.25, 0.3) is 22.2 Å². The summed E-state index contributed by atoms with van der Waals surface area (Å²) < 4.78 is 0. The Morgan fingerprint density at radius 3 is 2.57 bits per heavy atom. The van der Waals surface area contributed by atoms with Gasteiger partial charge in [0.2, 0.25) is 0 Å². The number of rotatable bonds is 1. The Morgan fingerprint density at radius 1 is 1.00 bits per heavy atom. The maximum absolute atomic E-state index is 6.16. The summed E-state index contributed by atoms with van der Waals surface area (Å²) in [5.41, 5.74) is 2.69. The molecular weight excluding hydrogens is 282 g/mol. The zero-order valence-corrected chi connectivity index (χ0v) is 13.0. The highest BCUT2D eigenvalue weighted by Gasteiger charge is 2.19. The van der Waals surface area contributed by atoms with Gasteiger partial charge in [0.25, 0.3) is 0 Å². The van der Waals surface area contributed by atoms with Gasteiger partial charge in [-0.05, 0) is 18.2 Å². The van der Waals surface area contributed by atoms with Crippen LogP contribution in [0.3, 0.4) is 0 Å². The molecule has 0 amide bonds. The smallest absolute Gasteiger partial charge is 0.136 e. The van der Waals surface area contributed by atoms with Crippen molar-refractivity contribution in [1.82, 2.24) is 15.0 Å². The molecule has 0 saturated carbocycles. The second-order valence-electron chi connectivity index (χ2n) is 6.06. The Balaban J connectivity index is 2.16. The van der Waals surface area contributed by atoms with Crippen molar-refractivity contribution in [1.29, 1.82) is 0 Å². The van der Waals surface area contributed by atoms with E-state index in [2.05, 4.69) is 41.8 Å². The highest BCUT2D eigenvalue weighted by Crippen LogP contribution is 2.27. The van der Waals surface area contributed by atoms with E-state index in [1.165, 1.54) is 0 Å². The second-order valence-corrected chi connectivity index (χ2v) is 6.45. The Labute approximate surface area is 129 Å². The van der Waals surface area contributed by atoms with E-state index in [9.17, 15) is 0 Å². The van der Waals surface area contributed by atoms with E-state index in [1.807, 2.05) is 24.3 Å². The van der Waals surface area contributed by atoms with Gasteiger partial charge in [-0.15, -0.1) is 0 Å². The first-order valence-corrected chi connectivity index (χ1v) is 7.21. The lowest BCUT2D eigenvalue weighted by Crippen LogP contribution is -2.16. The molecule has 0 radical (unpaired) electrons. The molecule has 0 saturated heterocycles. The first-order chi connectivity index (χ1) is 9.93. The number of hydrogen-bond donors (Lipinski definition) is 0. The molecule has 2 aromatic heterocycles. The molecule has 0 aliphatic heterocycles. The number of aromatic nitrogens is 3. The van der Waals surface area contributed by atoms with Crippen molar-refractivity contribution >= 4 is 22.5 Å². The summed E-state index contributed by atoms with van der Waals surface area (Å²) in [5, 5.41) is 1.55. The van der Waals surface area contributed by atoms with Crippen LogP contribution in [0.5, 0.6) is 0 Å². The van der Waals surface area contributed by atoms with Crippen molar-refractivity contribution in [3.63, 3.8) is 0 Å².